The van der Waals surface area contributed by atoms with Gasteiger partial charge in [-0.1, -0.05) is 6.07 Å². The highest BCUT2D eigenvalue weighted by Crippen LogP contribution is 2.22. The predicted octanol–water partition coefficient (Wildman–Crippen LogP) is 2.03. The third-order valence-electron chi connectivity index (χ3n) is 2.63. The van der Waals surface area contributed by atoms with Gasteiger partial charge in [0, 0.05) is 19.7 Å². The molecule has 1 aromatic rings. The normalized spacial score (nSPS) is 10.7. The summed E-state index contributed by atoms with van der Waals surface area (Å²) in [6.45, 7) is 4.36. The minimum absolute atomic E-state index is 0.105. The van der Waals surface area contributed by atoms with E-state index in [0.717, 1.165) is 6.07 Å². The van der Waals surface area contributed by atoms with Gasteiger partial charge >= 0.3 is 0 Å². The summed E-state index contributed by atoms with van der Waals surface area (Å²) in [6.07, 6.45) is 0. The number of ether oxygens (including phenoxy) is 1. The number of carbonyl (C=O) groups is 1. The van der Waals surface area contributed by atoms with Crippen molar-refractivity contribution < 1.29 is 19.0 Å². The van der Waals surface area contributed by atoms with Crippen LogP contribution in [0.25, 0.3) is 0 Å². The van der Waals surface area contributed by atoms with Crippen LogP contribution in [-0.2, 0) is 4.74 Å². The molecule has 0 unspecified atom stereocenters. The third-order valence-corrected chi connectivity index (χ3v) is 2.63. The molecule has 4 nitrogen and oxygen atoms in total. The van der Waals surface area contributed by atoms with Gasteiger partial charge in [0.15, 0.2) is 0 Å². The van der Waals surface area contributed by atoms with Crippen LogP contribution in [0.4, 0.5) is 4.39 Å². The van der Waals surface area contributed by atoms with E-state index in [1.54, 1.807) is 0 Å². The number of methoxy groups -OCH3 is 1. The molecule has 1 N–H and O–H groups in total. The lowest BCUT2D eigenvalue weighted by Crippen LogP contribution is -2.39. The molecule has 0 bridgehead atoms. The van der Waals surface area contributed by atoms with E-state index in [2.05, 4.69) is 0 Å². The van der Waals surface area contributed by atoms with E-state index < -0.39 is 11.7 Å². The SMILES string of the molecule is COCCN(C(=O)c1c(O)cccc1F)C(C)C. The molecule has 0 aliphatic heterocycles. The Hall–Kier alpha value is -1.62. The summed E-state index contributed by atoms with van der Waals surface area (Å²) in [6, 6.07) is 3.70. The van der Waals surface area contributed by atoms with Crippen LogP contribution in [-0.4, -0.2) is 42.2 Å². The van der Waals surface area contributed by atoms with Crippen LogP contribution in [0.15, 0.2) is 18.2 Å². The van der Waals surface area contributed by atoms with Crippen LogP contribution < -0.4 is 0 Å². The number of benzene rings is 1. The van der Waals surface area contributed by atoms with E-state index in [-0.39, 0.29) is 17.4 Å². The standard InChI is InChI=1S/C13H18FNO3/c1-9(2)15(7-8-18-3)13(17)12-10(14)5-4-6-11(12)16/h4-6,9,16H,7-8H2,1-3H3. The summed E-state index contributed by atoms with van der Waals surface area (Å²) in [4.78, 5) is 13.7. The van der Waals surface area contributed by atoms with Crippen LogP contribution in [0, 0.1) is 5.82 Å². The first kappa shape index (κ1) is 14.4. The lowest BCUT2D eigenvalue weighted by atomic mass is 10.1. The summed E-state index contributed by atoms with van der Waals surface area (Å²) in [5, 5.41) is 9.60. The molecule has 100 valence electrons. The van der Waals surface area contributed by atoms with Gasteiger partial charge in [0.1, 0.15) is 17.1 Å². The highest BCUT2D eigenvalue weighted by Gasteiger charge is 2.24. The van der Waals surface area contributed by atoms with Gasteiger partial charge in [0.05, 0.1) is 6.61 Å². The number of amides is 1. The molecule has 0 fully saturated rings. The molecule has 1 amide bonds. The second-order valence-corrected chi connectivity index (χ2v) is 4.22. The van der Waals surface area contributed by atoms with E-state index in [9.17, 15) is 14.3 Å². The van der Waals surface area contributed by atoms with E-state index in [4.69, 9.17) is 4.74 Å². The number of halogens is 1. The Morgan fingerprint density at radius 1 is 1.50 bits per heavy atom. The molecular weight excluding hydrogens is 237 g/mol. The van der Waals surface area contributed by atoms with Crippen molar-refractivity contribution in [3.8, 4) is 5.75 Å². The second kappa shape index (κ2) is 6.35. The third kappa shape index (κ3) is 3.20. The van der Waals surface area contributed by atoms with Crippen molar-refractivity contribution in [1.82, 2.24) is 4.90 Å². The van der Waals surface area contributed by atoms with Gasteiger partial charge < -0.3 is 14.7 Å². The van der Waals surface area contributed by atoms with Gasteiger partial charge in [-0.15, -0.1) is 0 Å². The van der Waals surface area contributed by atoms with Gasteiger partial charge in [-0.05, 0) is 26.0 Å². The Morgan fingerprint density at radius 2 is 2.17 bits per heavy atom. The highest BCUT2D eigenvalue weighted by atomic mass is 19.1. The maximum atomic E-state index is 13.6. The predicted molar refractivity (Wildman–Crippen MR) is 66.1 cm³/mol. The lowest BCUT2D eigenvalue weighted by Gasteiger charge is -2.26. The number of carbonyl (C=O) groups excluding carboxylic acids is 1. The topological polar surface area (TPSA) is 49.8 Å². The molecule has 0 atom stereocenters. The minimum Gasteiger partial charge on any atom is -0.507 e. The molecule has 0 aliphatic carbocycles. The first-order valence-electron chi connectivity index (χ1n) is 5.76. The van der Waals surface area contributed by atoms with Crippen molar-refractivity contribution in [1.29, 1.82) is 0 Å². The zero-order valence-electron chi connectivity index (χ0n) is 10.8. The number of aromatic hydroxyl groups is 1. The van der Waals surface area contributed by atoms with Crippen LogP contribution in [0.1, 0.15) is 24.2 Å². The molecule has 1 aromatic carbocycles. The fourth-order valence-electron chi connectivity index (χ4n) is 1.65. The van der Waals surface area contributed by atoms with Crippen molar-refractivity contribution in [2.75, 3.05) is 20.3 Å². The zero-order valence-corrected chi connectivity index (χ0v) is 10.8. The van der Waals surface area contributed by atoms with Gasteiger partial charge in [0.2, 0.25) is 0 Å². The van der Waals surface area contributed by atoms with Crippen LogP contribution in [0.2, 0.25) is 0 Å². The molecular formula is C13H18FNO3. The number of rotatable bonds is 5. The Kier molecular flexibility index (Phi) is 5.09. The Balaban J connectivity index is 3.02. The number of phenolic OH excluding ortho intramolecular Hbond substituents is 1. The number of hydrogen-bond donors (Lipinski definition) is 1. The van der Waals surface area contributed by atoms with Crippen molar-refractivity contribution in [3.63, 3.8) is 0 Å². The molecule has 0 spiro atoms. The van der Waals surface area contributed by atoms with Gasteiger partial charge in [-0.3, -0.25) is 4.79 Å². The Labute approximate surface area is 106 Å². The fourth-order valence-corrected chi connectivity index (χ4v) is 1.65. The number of phenols is 1. The van der Waals surface area contributed by atoms with Gasteiger partial charge in [-0.2, -0.15) is 0 Å². The Bertz CT molecular complexity index is 400. The van der Waals surface area contributed by atoms with Crippen LogP contribution >= 0.6 is 0 Å². The molecule has 0 aliphatic rings. The fraction of sp³-hybridized carbons (Fsp3) is 0.462. The molecule has 0 saturated carbocycles. The zero-order chi connectivity index (χ0) is 13.7. The molecule has 5 heteroatoms. The van der Waals surface area contributed by atoms with Gasteiger partial charge in [0.25, 0.3) is 5.91 Å². The summed E-state index contributed by atoms with van der Waals surface area (Å²) >= 11 is 0. The average molecular weight is 255 g/mol. The molecule has 0 heterocycles. The molecule has 18 heavy (non-hydrogen) atoms. The number of nitrogens with zero attached hydrogens (tertiary/aromatic N) is 1. The summed E-state index contributed by atoms with van der Waals surface area (Å²) < 4.78 is 18.5. The first-order valence-corrected chi connectivity index (χ1v) is 5.76. The quantitative estimate of drug-likeness (QED) is 0.875. The van der Waals surface area contributed by atoms with Crippen molar-refractivity contribution >= 4 is 5.91 Å². The van der Waals surface area contributed by atoms with Crippen molar-refractivity contribution in [3.05, 3.63) is 29.6 Å². The molecule has 0 saturated heterocycles. The minimum atomic E-state index is -0.719. The second-order valence-electron chi connectivity index (χ2n) is 4.22. The maximum Gasteiger partial charge on any atom is 0.260 e. The lowest BCUT2D eigenvalue weighted by molar-refractivity contribution is 0.0627. The Morgan fingerprint density at radius 3 is 2.67 bits per heavy atom. The summed E-state index contributed by atoms with van der Waals surface area (Å²) in [7, 11) is 1.53. The summed E-state index contributed by atoms with van der Waals surface area (Å²) in [5.41, 5.74) is -0.290. The molecule has 0 radical (unpaired) electrons. The smallest absolute Gasteiger partial charge is 0.260 e. The highest BCUT2D eigenvalue weighted by molar-refractivity contribution is 5.97. The first-order chi connectivity index (χ1) is 8.49. The van der Waals surface area contributed by atoms with Crippen LogP contribution in [0.3, 0.4) is 0 Å². The van der Waals surface area contributed by atoms with Gasteiger partial charge in [-0.25, -0.2) is 4.39 Å². The van der Waals surface area contributed by atoms with E-state index >= 15 is 0 Å². The van der Waals surface area contributed by atoms with E-state index in [0.29, 0.717) is 13.2 Å². The number of hydrogen-bond acceptors (Lipinski definition) is 3. The average Bonchev–Trinajstić information content (AvgIpc) is 2.28. The van der Waals surface area contributed by atoms with Crippen molar-refractivity contribution in [2.45, 2.75) is 19.9 Å². The van der Waals surface area contributed by atoms with E-state index in [1.165, 1.54) is 24.1 Å². The molecule has 1 rings (SSSR count). The van der Waals surface area contributed by atoms with Crippen LogP contribution in [0.5, 0.6) is 5.75 Å². The van der Waals surface area contributed by atoms with E-state index in [1.807, 2.05) is 13.8 Å². The largest absolute Gasteiger partial charge is 0.507 e. The maximum absolute atomic E-state index is 13.6. The monoisotopic (exact) mass is 255 g/mol. The summed E-state index contributed by atoms with van der Waals surface area (Å²) in [5.74, 6) is -1.59. The van der Waals surface area contributed by atoms with Crippen molar-refractivity contribution in [2.24, 2.45) is 0 Å². The molecule has 0 aromatic heterocycles.